The lowest BCUT2D eigenvalue weighted by Crippen LogP contribution is -2.50. The lowest BCUT2D eigenvalue weighted by molar-refractivity contribution is -0.147. The topological polar surface area (TPSA) is 86.7 Å². The molecule has 0 amide bonds. The highest BCUT2D eigenvalue weighted by Crippen LogP contribution is 2.54. The van der Waals surface area contributed by atoms with E-state index < -0.39 is 43.4 Å². The smallest absolute Gasteiger partial charge is 0.417 e. The summed E-state index contributed by atoms with van der Waals surface area (Å²) in [6.45, 7) is 4.55. The molecule has 2 N–H and O–H groups in total. The second kappa shape index (κ2) is 8.51. The van der Waals surface area contributed by atoms with E-state index in [1.54, 1.807) is 19.1 Å². The minimum Gasteiger partial charge on any atom is -0.481 e. The first-order valence-electron chi connectivity index (χ1n) is 10.7. The Morgan fingerprint density at radius 3 is 2.41 bits per heavy atom. The zero-order valence-electron chi connectivity index (χ0n) is 18.5. The molecule has 2 aliphatic rings. The van der Waals surface area contributed by atoms with Crippen molar-refractivity contribution < 1.29 is 31.5 Å². The van der Waals surface area contributed by atoms with Crippen LogP contribution in [0.1, 0.15) is 34.4 Å². The Balaban J connectivity index is 1.91. The highest BCUT2D eigenvalue weighted by molar-refractivity contribution is 7.89. The van der Waals surface area contributed by atoms with Crippen molar-refractivity contribution >= 4 is 27.6 Å². The van der Waals surface area contributed by atoms with Gasteiger partial charge in [0.2, 0.25) is 10.0 Å². The van der Waals surface area contributed by atoms with Crippen LogP contribution in [0.25, 0.3) is 11.1 Å². The number of rotatable bonds is 4. The SMILES string of the molecule is Cc1cc(-c2ccc(C(F)(F)F)c(Cl)c2)c2c(c1)C(S(=O)(=O)N1CCNCC1)C(C)(C(=O)O)C2. The normalized spacial score (nSPS) is 23.6. The first-order chi connectivity index (χ1) is 15.8. The molecule has 2 aromatic rings. The number of nitrogens with one attached hydrogen (secondary N) is 1. The first-order valence-corrected chi connectivity index (χ1v) is 12.6. The van der Waals surface area contributed by atoms with Crippen molar-refractivity contribution in [3.8, 4) is 11.1 Å². The van der Waals surface area contributed by atoms with Crippen LogP contribution in [-0.2, 0) is 27.4 Å². The van der Waals surface area contributed by atoms with Crippen LogP contribution in [0.3, 0.4) is 0 Å². The average Bonchev–Trinajstić information content (AvgIpc) is 3.06. The maximum atomic E-state index is 13.7. The fraction of sp³-hybridized carbons (Fsp3) is 0.435. The summed E-state index contributed by atoms with van der Waals surface area (Å²) in [7, 11) is -4.04. The summed E-state index contributed by atoms with van der Waals surface area (Å²) < 4.78 is 68.3. The van der Waals surface area contributed by atoms with Crippen LogP contribution >= 0.6 is 11.6 Å². The lowest BCUT2D eigenvalue weighted by Gasteiger charge is -2.34. The number of carboxylic acids is 1. The van der Waals surface area contributed by atoms with Gasteiger partial charge in [-0.05, 0) is 54.7 Å². The molecule has 1 aliphatic heterocycles. The Bertz CT molecular complexity index is 1260. The molecule has 1 aliphatic carbocycles. The van der Waals surface area contributed by atoms with Crippen molar-refractivity contribution in [3.05, 3.63) is 57.6 Å². The summed E-state index contributed by atoms with van der Waals surface area (Å²) in [5.41, 5.74) is -0.243. The molecular formula is C23H24ClF3N2O4S. The van der Waals surface area contributed by atoms with Crippen molar-refractivity contribution in [2.24, 2.45) is 5.41 Å². The molecule has 2 unspecified atom stereocenters. The van der Waals surface area contributed by atoms with Crippen molar-refractivity contribution in [3.63, 3.8) is 0 Å². The second-order valence-corrected chi connectivity index (χ2v) is 11.5. The summed E-state index contributed by atoms with van der Waals surface area (Å²) in [6.07, 6.45) is -4.70. The van der Waals surface area contributed by atoms with E-state index in [1.807, 2.05) is 0 Å². The van der Waals surface area contributed by atoms with Gasteiger partial charge in [-0.2, -0.15) is 17.5 Å². The number of carbonyl (C=O) groups is 1. The first kappa shape index (κ1) is 25.0. The molecule has 2 atom stereocenters. The van der Waals surface area contributed by atoms with Gasteiger partial charge >= 0.3 is 12.1 Å². The number of piperazine rings is 1. The van der Waals surface area contributed by atoms with Gasteiger partial charge in [0.15, 0.2) is 0 Å². The molecule has 1 heterocycles. The van der Waals surface area contributed by atoms with Crippen LogP contribution < -0.4 is 5.32 Å². The summed E-state index contributed by atoms with van der Waals surface area (Å²) in [6, 6.07) is 6.74. The van der Waals surface area contributed by atoms with E-state index in [0.29, 0.717) is 40.9 Å². The molecule has 0 aromatic heterocycles. The van der Waals surface area contributed by atoms with Crippen LogP contribution in [0.15, 0.2) is 30.3 Å². The van der Waals surface area contributed by atoms with Crippen molar-refractivity contribution in [2.45, 2.75) is 31.7 Å². The van der Waals surface area contributed by atoms with E-state index in [2.05, 4.69) is 5.32 Å². The largest absolute Gasteiger partial charge is 0.481 e. The third-order valence-electron chi connectivity index (χ3n) is 6.64. The second-order valence-electron chi connectivity index (χ2n) is 9.05. The fourth-order valence-electron chi connectivity index (χ4n) is 4.97. The highest BCUT2D eigenvalue weighted by atomic mass is 35.5. The summed E-state index contributed by atoms with van der Waals surface area (Å²) in [5, 5.41) is 11.4. The van der Waals surface area contributed by atoms with Crippen LogP contribution in [0, 0.1) is 12.3 Å². The predicted molar refractivity (Wildman–Crippen MR) is 122 cm³/mol. The molecule has 11 heteroatoms. The van der Waals surface area contributed by atoms with Crippen molar-refractivity contribution in [1.82, 2.24) is 9.62 Å². The van der Waals surface area contributed by atoms with Gasteiger partial charge in [-0.25, -0.2) is 8.42 Å². The Morgan fingerprint density at radius 1 is 1.21 bits per heavy atom. The molecule has 0 radical (unpaired) electrons. The number of benzene rings is 2. The number of hydrogen-bond donors (Lipinski definition) is 2. The molecule has 0 bridgehead atoms. The van der Waals surface area contributed by atoms with Gasteiger partial charge in [-0.3, -0.25) is 4.79 Å². The minimum absolute atomic E-state index is 0.0814. The van der Waals surface area contributed by atoms with E-state index in [9.17, 15) is 31.5 Å². The maximum absolute atomic E-state index is 13.7. The molecule has 0 saturated carbocycles. The van der Waals surface area contributed by atoms with Crippen molar-refractivity contribution in [1.29, 1.82) is 0 Å². The molecule has 184 valence electrons. The molecule has 4 rings (SSSR count). The van der Waals surface area contributed by atoms with Gasteiger partial charge in [0.05, 0.1) is 16.0 Å². The third kappa shape index (κ3) is 4.10. The van der Waals surface area contributed by atoms with Gasteiger partial charge < -0.3 is 10.4 Å². The van der Waals surface area contributed by atoms with Crippen LogP contribution in [0.2, 0.25) is 5.02 Å². The summed E-state index contributed by atoms with van der Waals surface area (Å²) >= 11 is 5.94. The molecule has 2 aromatic carbocycles. The van der Waals surface area contributed by atoms with Gasteiger partial charge in [0.1, 0.15) is 5.25 Å². The monoisotopic (exact) mass is 516 g/mol. The van der Waals surface area contributed by atoms with Gasteiger partial charge in [0.25, 0.3) is 0 Å². The van der Waals surface area contributed by atoms with E-state index in [4.69, 9.17) is 11.6 Å². The Hall–Kier alpha value is -2.14. The lowest BCUT2D eigenvalue weighted by atomic mass is 9.86. The summed E-state index contributed by atoms with van der Waals surface area (Å²) in [5.74, 6) is -1.25. The van der Waals surface area contributed by atoms with Crippen molar-refractivity contribution in [2.75, 3.05) is 26.2 Å². The number of alkyl halides is 3. The standard InChI is InChI=1S/C23H24ClF3N2O4S/c1-13-9-15(14-3-4-18(19(24)11-14)23(25,26)27)17-12-22(2,21(30)31)20(16(17)10-13)34(32,33)29-7-5-28-6-8-29/h3-4,9-11,20,28H,5-8,12H2,1-2H3,(H,30,31). The maximum Gasteiger partial charge on any atom is 0.417 e. The number of aliphatic carboxylic acids is 1. The van der Waals surface area contributed by atoms with Gasteiger partial charge in [-0.15, -0.1) is 0 Å². The van der Waals surface area contributed by atoms with E-state index >= 15 is 0 Å². The molecule has 1 saturated heterocycles. The molecule has 6 nitrogen and oxygen atoms in total. The van der Waals surface area contributed by atoms with Gasteiger partial charge in [-0.1, -0.05) is 35.4 Å². The average molecular weight is 517 g/mol. The van der Waals surface area contributed by atoms with Gasteiger partial charge in [0, 0.05) is 26.2 Å². The molecule has 1 fully saturated rings. The quantitative estimate of drug-likeness (QED) is 0.634. The predicted octanol–water partition coefficient (Wildman–Crippen LogP) is 4.26. The molecular weight excluding hydrogens is 493 g/mol. The number of hydrogen-bond acceptors (Lipinski definition) is 4. The number of aryl methyl sites for hydroxylation is 1. The molecule has 0 spiro atoms. The number of halogens is 4. The number of fused-ring (bicyclic) bond motifs is 1. The summed E-state index contributed by atoms with van der Waals surface area (Å²) in [4.78, 5) is 12.4. The third-order valence-corrected chi connectivity index (χ3v) is 9.41. The minimum atomic E-state index is -4.62. The number of carboxylic acid groups (broad SMARTS) is 1. The fourth-order valence-corrected chi connectivity index (χ4v) is 7.62. The number of sulfonamides is 1. The van der Waals surface area contributed by atoms with E-state index in [-0.39, 0.29) is 19.5 Å². The van der Waals surface area contributed by atoms with Crippen LogP contribution in [-0.4, -0.2) is 50.0 Å². The Morgan fingerprint density at radius 2 is 1.85 bits per heavy atom. The van der Waals surface area contributed by atoms with E-state index in [1.165, 1.54) is 23.4 Å². The highest BCUT2D eigenvalue weighted by Gasteiger charge is 2.56. The Kier molecular flexibility index (Phi) is 6.25. The zero-order valence-corrected chi connectivity index (χ0v) is 20.1. The molecule has 34 heavy (non-hydrogen) atoms. The number of nitrogens with zero attached hydrogens (tertiary/aromatic N) is 1. The van der Waals surface area contributed by atoms with Crippen LogP contribution in [0.4, 0.5) is 13.2 Å². The van der Waals surface area contributed by atoms with E-state index in [0.717, 1.165) is 6.07 Å². The Labute approximate surface area is 200 Å². The zero-order chi connectivity index (χ0) is 25.1. The van der Waals surface area contributed by atoms with Crippen LogP contribution in [0.5, 0.6) is 0 Å².